The topological polar surface area (TPSA) is 96.7 Å². The Balaban J connectivity index is 2.07. The molecule has 0 radical (unpaired) electrons. The van der Waals surface area contributed by atoms with E-state index < -0.39 is 12.0 Å². The first-order valence-electron chi connectivity index (χ1n) is 8.50. The smallest absolute Gasteiger partial charge is 0.338 e. The highest BCUT2D eigenvalue weighted by molar-refractivity contribution is 7.80. The Bertz CT molecular complexity index is 982. The number of nitrogens with one attached hydrogen (secondary N) is 2. The van der Waals surface area contributed by atoms with Crippen molar-refractivity contribution in [1.29, 1.82) is 0 Å². The minimum atomic E-state index is -0.632. The quantitative estimate of drug-likeness (QED) is 0.597. The van der Waals surface area contributed by atoms with E-state index in [2.05, 4.69) is 15.8 Å². The van der Waals surface area contributed by atoms with Gasteiger partial charge in [-0.25, -0.2) is 4.79 Å². The maximum absolute atomic E-state index is 13.1. The predicted octanol–water partition coefficient (Wildman–Crippen LogP) is 2.54. The summed E-state index contributed by atoms with van der Waals surface area (Å²) < 4.78 is 9.89. The van der Waals surface area contributed by atoms with Gasteiger partial charge in [-0.15, -0.1) is 0 Å². The van der Waals surface area contributed by atoms with Crippen molar-refractivity contribution >= 4 is 35.0 Å². The van der Waals surface area contributed by atoms with Crippen LogP contribution >= 0.6 is 12.2 Å². The Labute approximate surface area is 167 Å². The van der Waals surface area contributed by atoms with Gasteiger partial charge in [0.1, 0.15) is 5.76 Å². The fourth-order valence-corrected chi connectivity index (χ4v) is 3.27. The van der Waals surface area contributed by atoms with Crippen molar-refractivity contribution in [3.8, 4) is 0 Å². The molecule has 0 aliphatic carbocycles. The van der Waals surface area contributed by atoms with Crippen LogP contribution in [-0.2, 0) is 9.53 Å². The molecule has 1 unspecified atom stereocenters. The van der Waals surface area contributed by atoms with E-state index in [4.69, 9.17) is 21.5 Å². The molecule has 2 N–H and O–H groups in total. The fourth-order valence-electron chi connectivity index (χ4n) is 3.02. The third-order valence-corrected chi connectivity index (χ3v) is 4.94. The average Bonchev–Trinajstić information content (AvgIpc) is 3.09. The minimum Gasteiger partial charge on any atom is -0.465 e. The summed E-state index contributed by atoms with van der Waals surface area (Å²) in [4.78, 5) is 27.0. The summed E-state index contributed by atoms with van der Waals surface area (Å²) in [5, 5.41) is 10.1. The molecule has 0 saturated carbocycles. The molecule has 0 fully saturated rings. The van der Waals surface area contributed by atoms with Crippen LogP contribution in [0.15, 0.2) is 46.1 Å². The molecule has 1 amide bonds. The number of anilines is 1. The molecule has 9 heteroatoms. The molecular weight excluding hydrogens is 380 g/mol. The molecule has 0 saturated heterocycles. The van der Waals surface area contributed by atoms with Gasteiger partial charge in [0.25, 0.3) is 5.91 Å². The zero-order valence-corrected chi connectivity index (χ0v) is 16.7. The standard InChI is InChI=1S/C19H20N4O4S/c1-10-9-14(22-27-10)20-17(24)15-11(2)23(3)19(28)21-16(15)12-7-5-6-8-13(12)18(25)26-4/h5-9,16H,1-4H3,(H,21,28)(H,20,22,24). The lowest BCUT2D eigenvalue weighted by atomic mass is 9.91. The Morgan fingerprint density at radius 1 is 1.32 bits per heavy atom. The number of carbonyl (C=O) groups excluding carboxylic acids is 2. The average molecular weight is 400 g/mol. The highest BCUT2D eigenvalue weighted by atomic mass is 32.1. The first kappa shape index (κ1) is 19.6. The summed E-state index contributed by atoms with van der Waals surface area (Å²) >= 11 is 5.40. The van der Waals surface area contributed by atoms with Crippen LogP contribution in [0.4, 0.5) is 5.82 Å². The van der Waals surface area contributed by atoms with Gasteiger partial charge in [-0.1, -0.05) is 23.4 Å². The van der Waals surface area contributed by atoms with E-state index in [0.29, 0.717) is 39.1 Å². The molecule has 1 atom stereocenters. The first-order valence-corrected chi connectivity index (χ1v) is 8.91. The second-order valence-electron chi connectivity index (χ2n) is 6.30. The molecule has 1 aromatic carbocycles. The van der Waals surface area contributed by atoms with Crippen LogP contribution in [0.3, 0.4) is 0 Å². The van der Waals surface area contributed by atoms with E-state index in [1.54, 1.807) is 56.1 Å². The Kier molecular flexibility index (Phi) is 5.46. The number of esters is 1. The molecule has 1 aliphatic heterocycles. The number of rotatable bonds is 4. The molecule has 8 nitrogen and oxygen atoms in total. The van der Waals surface area contributed by atoms with Crippen LogP contribution in [0.1, 0.15) is 34.6 Å². The van der Waals surface area contributed by atoms with Gasteiger partial charge in [-0.2, -0.15) is 0 Å². The van der Waals surface area contributed by atoms with Crippen molar-refractivity contribution in [3.05, 3.63) is 58.5 Å². The van der Waals surface area contributed by atoms with E-state index in [1.165, 1.54) is 7.11 Å². The van der Waals surface area contributed by atoms with Gasteiger partial charge in [0, 0.05) is 18.8 Å². The number of ether oxygens (including phenoxy) is 1. The van der Waals surface area contributed by atoms with Crippen LogP contribution in [0.25, 0.3) is 0 Å². The number of nitrogens with zero attached hydrogens (tertiary/aromatic N) is 2. The molecule has 2 heterocycles. The second kappa shape index (κ2) is 7.81. The first-order chi connectivity index (χ1) is 13.3. The Morgan fingerprint density at radius 3 is 2.68 bits per heavy atom. The predicted molar refractivity (Wildman–Crippen MR) is 107 cm³/mol. The molecule has 0 bridgehead atoms. The summed E-state index contributed by atoms with van der Waals surface area (Å²) in [6.45, 7) is 3.53. The third kappa shape index (κ3) is 3.61. The normalized spacial score (nSPS) is 16.6. The molecule has 3 rings (SSSR count). The van der Waals surface area contributed by atoms with Gasteiger partial charge in [-0.3, -0.25) is 4.79 Å². The molecule has 146 valence electrons. The lowest BCUT2D eigenvalue weighted by molar-refractivity contribution is -0.113. The van der Waals surface area contributed by atoms with Crippen LogP contribution in [0.5, 0.6) is 0 Å². The van der Waals surface area contributed by atoms with Crippen molar-refractivity contribution in [3.63, 3.8) is 0 Å². The lowest BCUT2D eigenvalue weighted by Gasteiger charge is -2.36. The molecule has 2 aromatic rings. The van der Waals surface area contributed by atoms with E-state index in [9.17, 15) is 9.59 Å². The molecule has 0 spiro atoms. The number of hydrogen-bond donors (Lipinski definition) is 2. The highest BCUT2D eigenvalue weighted by Gasteiger charge is 2.34. The van der Waals surface area contributed by atoms with Gasteiger partial charge in [-0.05, 0) is 37.7 Å². The van der Waals surface area contributed by atoms with Crippen molar-refractivity contribution in [2.45, 2.75) is 19.9 Å². The second-order valence-corrected chi connectivity index (χ2v) is 6.68. The van der Waals surface area contributed by atoms with Gasteiger partial charge in [0.2, 0.25) is 0 Å². The summed E-state index contributed by atoms with van der Waals surface area (Å²) in [5.74, 6) is 0.0105. The number of hydrogen-bond acceptors (Lipinski definition) is 6. The van der Waals surface area contributed by atoms with Crippen molar-refractivity contribution in [2.75, 3.05) is 19.5 Å². The van der Waals surface area contributed by atoms with E-state index >= 15 is 0 Å². The third-order valence-electron chi connectivity index (χ3n) is 4.55. The Hall–Kier alpha value is -3.20. The fraction of sp³-hybridized carbons (Fsp3) is 0.263. The SMILES string of the molecule is COC(=O)c1ccccc1C1NC(=S)N(C)C(C)=C1C(=O)Nc1cc(C)on1. The maximum atomic E-state index is 13.1. The van der Waals surface area contributed by atoms with Crippen LogP contribution < -0.4 is 10.6 Å². The summed E-state index contributed by atoms with van der Waals surface area (Å²) in [5.41, 5.74) is 2.01. The van der Waals surface area contributed by atoms with Crippen molar-refractivity contribution in [1.82, 2.24) is 15.4 Å². The van der Waals surface area contributed by atoms with Crippen molar-refractivity contribution in [2.24, 2.45) is 0 Å². The van der Waals surface area contributed by atoms with Gasteiger partial charge >= 0.3 is 5.97 Å². The Morgan fingerprint density at radius 2 is 2.04 bits per heavy atom. The highest BCUT2D eigenvalue weighted by Crippen LogP contribution is 2.32. The summed E-state index contributed by atoms with van der Waals surface area (Å²) in [6.07, 6.45) is 0. The lowest BCUT2D eigenvalue weighted by Crippen LogP contribution is -2.47. The minimum absolute atomic E-state index is 0.304. The zero-order valence-electron chi connectivity index (χ0n) is 15.9. The number of allylic oxidation sites excluding steroid dienone is 1. The summed E-state index contributed by atoms with van der Waals surface area (Å²) in [6, 6.07) is 7.92. The van der Waals surface area contributed by atoms with Crippen LogP contribution in [0, 0.1) is 6.92 Å². The zero-order chi connectivity index (χ0) is 20.4. The van der Waals surface area contributed by atoms with E-state index in [0.717, 1.165) is 0 Å². The van der Waals surface area contributed by atoms with Crippen LogP contribution in [0.2, 0.25) is 0 Å². The molecule has 28 heavy (non-hydrogen) atoms. The maximum Gasteiger partial charge on any atom is 0.338 e. The molecule has 1 aromatic heterocycles. The monoisotopic (exact) mass is 400 g/mol. The number of methoxy groups -OCH3 is 1. The van der Waals surface area contributed by atoms with Crippen LogP contribution in [-0.4, -0.2) is 41.2 Å². The number of amides is 1. The van der Waals surface area contributed by atoms with Gasteiger partial charge in [0.05, 0.1) is 24.3 Å². The van der Waals surface area contributed by atoms with E-state index in [1.807, 2.05) is 0 Å². The largest absolute Gasteiger partial charge is 0.465 e. The molecular formula is C19H20N4O4S. The number of thiocarbonyl (C=S) groups is 1. The number of carbonyl (C=O) groups is 2. The van der Waals surface area contributed by atoms with Gasteiger partial charge in [0.15, 0.2) is 10.9 Å². The summed E-state index contributed by atoms with van der Waals surface area (Å²) in [7, 11) is 3.08. The van der Waals surface area contributed by atoms with E-state index in [-0.39, 0.29) is 5.91 Å². The molecule has 1 aliphatic rings. The van der Waals surface area contributed by atoms with Gasteiger partial charge < -0.3 is 24.8 Å². The number of aryl methyl sites for hydroxylation is 1. The van der Waals surface area contributed by atoms with Crippen molar-refractivity contribution < 1.29 is 18.8 Å². The number of aromatic nitrogens is 1. The number of benzene rings is 1.